The molecule has 0 radical (unpaired) electrons. The fourth-order valence-electron chi connectivity index (χ4n) is 2.10. The zero-order valence-electron chi connectivity index (χ0n) is 13.9. The van der Waals surface area contributed by atoms with Crippen LogP contribution in [0.5, 0.6) is 0 Å². The number of carbonyl (C=O) groups excluding carboxylic acids is 1. The van der Waals surface area contributed by atoms with Crippen LogP contribution in [0, 0.1) is 6.92 Å². The quantitative estimate of drug-likeness (QED) is 0.849. The Morgan fingerprint density at radius 2 is 2.13 bits per heavy atom. The van der Waals surface area contributed by atoms with Gasteiger partial charge in [-0.05, 0) is 31.5 Å². The molecule has 2 heterocycles. The number of hydrogen-bond acceptors (Lipinski definition) is 5. The predicted molar refractivity (Wildman–Crippen MR) is 90.4 cm³/mol. The van der Waals surface area contributed by atoms with Crippen LogP contribution in [-0.4, -0.2) is 34.5 Å². The number of hydrogen-bond donors (Lipinski definition) is 1. The van der Waals surface area contributed by atoms with Crippen LogP contribution in [0.1, 0.15) is 41.6 Å². The van der Waals surface area contributed by atoms with E-state index >= 15 is 0 Å². The number of aryl methyl sites for hydroxylation is 1. The van der Waals surface area contributed by atoms with Crippen molar-refractivity contribution in [2.45, 2.75) is 33.2 Å². The molecule has 2 aromatic rings. The van der Waals surface area contributed by atoms with E-state index in [1.807, 2.05) is 37.1 Å². The number of nitrogens with zero attached hydrogens (tertiary/aromatic N) is 4. The summed E-state index contributed by atoms with van der Waals surface area (Å²) in [5, 5.41) is 2.84. The van der Waals surface area contributed by atoms with E-state index in [-0.39, 0.29) is 5.91 Å². The first-order valence-electron chi connectivity index (χ1n) is 7.85. The minimum atomic E-state index is -0.216. The first-order valence-corrected chi connectivity index (χ1v) is 7.85. The van der Waals surface area contributed by atoms with Crippen molar-refractivity contribution in [1.29, 1.82) is 0 Å². The van der Waals surface area contributed by atoms with Gasteiger partial charge in [-0.15, -0.1) is 0 Å². The number of pyridine rings is 1. The molecule has 23 heavy (non-hydrogen) atoms. The number of anilines is 1. The van der Waals surface area contributed by atoms with Gasteiger partial charge in [0, 0.05) is 25.5 Å². The van der Waals surface area contributed by atoms with Gasteiger partial charge in [-0.25, -0.2) is 9.97 Å². The molecule has 1 N–H and O–H groups in total. The second kappa shape index (κ2) is 8.22. The molecule has 0 spiro atoms. The molecule has 6 heteroatoms. The minimum Gasteiger partial charge on any atom is -0.345 e. The highest BCUT2D eigenvalue weighted by molar-refractivity contribution is 5.92. The van der Waals surface area contributed by atoms with Crippen molar-refractivity contribution in [3.8, 4) is 0 Å². The van der Waals surface area contributed by atoms with Crippen LogP contribution < -0.4 is 10.2 Å². The van der Waals surface area contributed by atoms with Crippen molar-refractivity contribution in [1.82, 2.24) is 20.3 Å². The summed E-state index contributed by atoms with van der Waals surface area (Å²) in [5.74, 6) is 0.368. The fraction of sp³-hybridized carbons (Fsp3) is 0.412. The number of amides is 1. The molecule has 0 aromatic carbocycles. The van der Waals surface area contributed by atoms with E-state index < -0.39 is 0 Å². The lowest BCUT2D eigenvalue weighted by Crippen LogP contribution is -2.27. The summed E-state index contributed by atoms with van der Waals surface area (Å²) in [6.07, 6.45) is 3.87. The van der Waals surface area contributed by atoms with Crippen molar-refractivity contribution in [3.05, 3.63) is 47.5 Å². The van der Waals surface area contributed by atoms with Gasteiger partial charge in [0.25, 0.3) is 5.91 Å². The van der Waals surface area contributed by atoms with E-state index in [0.717, 1.165) is 30.8 Å². The molecule has 0 saturated heterocycles. The molecule has 0 unspecified atom stereocenters. The van der Waals surface area contributed by atoms with E-state index in [1.165, 1.54) is 0 Å². The highest BCUT2D eigenvalue weighted by atomic mass is 16.1. The Morgan fingerprint density at radius 1 is 1.30 bits per heavy atom. The fourth-order valence-corrected chi connectivity index (χ4v) is 2.10. The number of rotatable bonds is 7. The maximum absolute atomic E-state index is 12.3. The van der Waals surface area contributed by atoms with E-state index in [9.17, 15) is 4.79 Å². The molecule has 0 aliphatic carbocycles. The van der Waals surface area contributed by atoms with Gasteiger partial charge in [-0.3, -0.25) is 9.78 Å². The Labute approximate surface area is 137 Å². The average molecular weight is 313 g/mol. The zero-order chi connectivity index (χ0) is 16.7. The lowest BCUT2D eigenvalue weighted by atomic mass is 10.3. The van der Waals surface area contributed by atoms with Gasteiger partial charge >= 0.3 is 0 Å². The van der Waals surface area contributed by atoms with Crippen molar-refractivity contribution in [2.75, 3.05) is 18.5 Å². The highest BCUT2D eigenvalue weighted by Crippen LogP contribution is 2.10. The van der Waals surface area contributed by atoms with Crippen LogP contribution in [0.3, 0.4) is 0 Å². The lowest BCUT2D eigenvalue weighted by Gasteiger charge is -2.17. The van der Waals surface area contributed by atoms with Crippen LogP contribution >= 0.6 is 0 Å². The molecule has 0 aliphatic heterocycles. The summed E-state index contributed by atoms with van der Waals surface area (Å²) in [6.45, 7) is 5.26. The summed E-state index contributed by atoms with van der Waals surface area (Å²) in [5.41, 5.74) is 1.97. The van der Waals surface area contributed by atoms with E-state index in [1.54, 1.807) is 12.3 Å². The normalized spacial score (nSPS) is 10.4. The van der Waals surface area contributed by atoms with Crippen molar-refractivity contribution >= 4 is 11.9 Å². The molecule has 0 atom stereocenters. The highest BCUT2D eigenvalue weighted by Gasteiger charge is 2.12. The van der Waals surface area contributed by atoms with Gasteiger partial charge in [-0.2, -0.15) is 0 Å². The molecule has 0 bridgehead atoms. The number of nitrogens with one attached hydrogen (secondary N) is 1. The molecule has 6 nitrogen and oxygen atoms in total. The van der Waals surface area contributed by atoms with Gasteiger partial charge in [0.2, 0.25) is 5.95 Å². The van der Waals surface area contributed by atoms with Crippen LogP contribution in [-0.2, 0) is 6.54 Å². The van der Waals surface area contributed by atoms with E-state index in [4.69, 9.17) is 0 Å². The maximum Gasteiger partial charge on any atom is 0.270 e. The third-order valence-electron chi connectivity index (χ3n) is 3.42. The minimum absolute atomic E-state index is 0.216. The molecule has 0 aliphatic rings. The second-order valence-electron chi connectivity index (χ2n) is 5.47. The molecule has 1 amide bonds. The van der Waals surface area contributed by atoms with E-state index in [0.29, 0.717) is 18.2 Å². The first-order chi connectivity index (χ1) is 11.1. The molecule has 0 fully saturated rings. The lowest BCUT2D eigenvalue weighted by molar-refractivity contribution is 0.0945. The molecular weight excluding hydrogens is 290 g/mol. The summed E-state index contributed by atoms with van der Waals surface area (Å²) < 4.78 is 0. The first kappa shape index (κ1) is 16.9. The maximum atomic E-state index is 12.3. The summed E-state index contributed by atoms with van der Waals surface area (Å²) in [7, 11) is 1.94. The van der Waals surface area contributed by atoms with Gasteiger partial charge in [-0.1, -0.05) is 19.4 Å². The van der Waals surface area contributed by atoms with Crippen molar-refractivity contribution in [3.63, 3.8) is 0 Å². The molecular formula is C17H23N5O. The topological polar surface area (TPSA) is 71.0 Å². The SMILES string of the molecule is CCCCN(C)c1nc(C)cc(C(=O)NCc2ccccn2)n1. The standard InChI is InChI=1S/C17H23N5O/c1-4-5-10-22(3)17-20-13(2)11-15(21-17)16(23)19-12-14-8-6-7-9-18-14/h6-9,11H,4-5,10,12H2,1-3H3,(H,19,23). The number of unbranched alkanes of at least 4 members (excludes halogenated alkanes) is 1. The van der Waals surface area contributed by atoms with Crippen molar-refractivity contribution < 1.29 is 4.79 Å². The van der Waals surface area contributed by atoms with Gasteiger partial charge in [0.15, 0.2) is 0 Å². The molecule has 2 rings (SSSR count). The molecule has 122 valence electrons. The Balaban J connectivity index is 2.06. The van der Waals surface area contributed by atoms with Crippen molar-refractivity contribution in [2.24, 2.45) is 0 Å². The summed E-state index contributed by atoms with van der Waals surface area (Å²) in [6, 6.07) is 7.31. The average Bonchev–Trinajstić information content (AvgIpc) is 2.57. The third kappa shape index (κ3) is 5.02. The third-order valence-corrected chi connectivity index (χ3v) is 3.42. The monoisotopic (exact) mass is 313 g/mol. The van der Waals surface area contributed by atoms with Crippen LogP contribution in [0.25, 0.3) is 0 Å². The predicted octanol–water partition coefficient (Wildman–Crippen LogP) is 2.35. The Bertz CT molecular complexity index is 645. The van der Waals surface area contributed by atoms with Gasteiger partial charge < -0.3 is 10.2 Å². The van der Waals surface area contributed by atoms with Gasteiger partial charge in [0.05, 0.1) is 12.2 Å². The summed E-state index contributed by atoms with van der Waals surface area (Å²) in [4.78, 5) is 27.3. The van der Waals surface area contributed by atoms with Crippen LogP contribution in [0.15, 0.2) is 30.5 Å². The Kier molecular flexibility index (Phi) is 6.02. The Hall–Kier alpha value is -2.50. The van der Waals surface area contributed by atoms with Crippen LogP contribution in [0.4, 0.5) is 5.95 Å². The number of carbonyl (C=O) groups is 1. The largest absolute Gasteiger partial charge is 0.345 e. The van der Waals surface area contributed by atoms with Gasteiger partial charge in [0.1, 0.15) is 5.69 Å². The Morgan fingerprint density at radius 3 is 2.83 bits per heavy atom. The summed E-state index contributed by atoms with van der Waals surface area (Å²) >= 11 is 0. The van der Waals surface area contributed by atoms with E-state index in [2.05, 4.69) is 27.2 Å². The zero-order valence-corrected chi connectivity index (χ0v) is 13.9. The molecule has 2 aromatic heterocycles. The molecule has 0 saturated carbocycles. The second-order valence-corrected chi connectivity index (χ2v) is 5.47. The number of aromatic nitrogens is 3. The smallest absolute Gasteiger partial charge is 0.270 e. The van der Waals surface area contributed by atoms with Crippen LogP contribution in [0.2, 0.25) is 0 Å².